The number of anilines is 1. The largest absolute Gasteiger partial charge is 0.465 e. The highest BCUT2D eigenvalue weighted by Crippen LogP contribution is 2.29. The summed E-state index contributed by atoms with van der Waals surface area (Å²) in [5.41, 5.74) is 3.49. The zero-order valence-corrected chi connectivity index (χ0v) is 16.0. The van der Waals surface area contributed by atoms with Gasteiger partial charge >= 0.3 is 5.97 Å². The zero-order valence-electron chi connectivity index (χ0n) is 16.0. The lowest BCUT2D eigenvalue weighted by Gasteiger charge is -2.18. The van der Waals surface area contributed by atoms with Crippen molar-refractivity contribution in [2.75, 3.05) is 12.4 Å². The Morgan fingerprint density at radius 1 is 1.11 bits per heavy atom. The zero-order chi connectivity index (χ0) is 19.6. The molecule has 1 aromatic heterocycles. The van der Waals surface area contributed by atoms with Crippen LogP contribution in [0, 0.1) is 0 Å². The molecule has 0 aliphatic carbocycles. The number of para-hydroxylation sites is 1. The van der Waals surface area contributed by atoms with Crippen molar-refractivity contribution in [1.82, 2.24) is 0 Å². The molecule has 0 spiro atoms. The lowest BCUT2D eigenvalue weighted by molar-refractivity contribution is -0.115. The minimum Gasteiger partial charge on any atom is -0.465 e. The molecular weight excluding hydrogens is 342 g/mol. The molecule has 3 aromatic rings. The molecule has 0 atom stereocenters. The predicted molar refractivity (Wildman–Crippen MR) is 105 cm³/mol. The summed E-state index contributed by atoms with van der Waals surface area (Å²) in [6.07, 6.45) is 1.76. The van der Waals surface area contributed by atoms with E-state index in [-0.39, 0.29) is 17.7 Å². The number of furan rings is 1. The number of hydrogen-bond acceptors (Lipinski definition) is 4. The number of carbonyl (C=O) groups is 2. The van der Waals surface area contributed by atoms with Crippen molar-refractivity contribution in [3.63, 3.8) is 0 Å². The number of hydrogen-bond donors (Lipinski definition) is 1. The van der Waals surface area contributed by atoms with E-state index in [1.807, 2.05) is 12.1 Å². The summed E-state index contributed by atoms with van der Waals surface area (Å²) in [6.45, 7) is 6.43. The van der Waals surface area contributed by atoms with Gasteiger partial charge in [0.2, 0.25) is 5.91 Å². The van der Waals surface area contributed by atoms with Crippen LogP contribution in [0.15, 0.2) is 53.1 Å². The van der Waals surface area contributed by atoms with Gasteiger partial charge in [0.15, 0.2) is 0 Å². The molecule has 0 aliphatic rings. The van der Waals surface area contributed by atoms with Crippen LogP contribution in [0.5, 0.6) is 0 Å². The molecule has 0 unspecified atom stereocenters. The summed E-state index contributed by atoms with van der Waals surface area (Å²) >= 11 is 0. The number of carbonyl (C=O) groups excluding carboxylic acids is 2. The molecule has 27 heavy (non-hydrogen) atoms. The molecule has 0 aliphatic heterocycles. The minimum atomic E-state index is -0.491. The highest BCUT2D eigenvalue weighted by atomic mass is 16.5. The molecule has 0 saturated heterocycles. The molecule has 1 amide bonds. The number of amides is 1. The van der Waals surface area contributed by atoms with Gasteiger partial charge in [-0.25, -0.2) is 4.79 Å². The molecule has 3 rings (SSSR count). The molecule has 0 fully saturated rings. The number of benzene rings is 2. The van der Waals surface area contributed by atoms with Crippen molar-refractivity contribution in [1.29, 1.82) is 0 Å². The maximum atomic E-state index is 12.6. The molecule has 2 aromatic carbocycles. The second-order valence-corrected chi connectivity index (χ2v) is 7.48. The van der Waals surface area contributed by atoms with Crippen LogP contribution in [-0.2, 0) is 21.4 Å². The third-order valence-corrected chi connectivity index (χ3v) is 4.48. The average molecular weight is 365 g/mol. The fourth-order valence-electron chi connectivity index (χ4n) is 2.93. The highest BCUT2D eigenvalue weighted by molar-refractivity contribution is 6.02. The lowest BCUT2D eigenvalue weighted by atomic mass is 9.86. The fraction of sp³-hybridized carbons (Fsp3) is 0.273. The summed E-state index contributed by atoms with van der Waals surface area (Å²) in [6, 6.07) is 12.8. The van der Waals surface area contributed by atoms with E-state index in [9.17, 15) is 9.59 Å². The molecule has 140 valence electrons. The number of nitrogens with one attached hydrogen (secondary N) is 1. The third kappa shape index (κ3) is 4.03. The van der Waals surface area contributed by atoms with E-state index in [1.54, 1.807) is 30.5 Å². The molecular formula is C22H23NO4. The van der Waals surface area contributed by atoms with E-state index in [2.05, 4.69) is 32.2 Å². The molecule has 0 radical (unpaired) electrons. The van der Waals surface area contributed by atoms with Gasteiger partial charge in [-0.05, 0) is 35.2 Å². The Morgan fingerprint density at radius 3 is 2.56 bits per heavy atom. The molecule has 0 bridgehead atoms. The van der Waals surface area contributed by atoms with Crippen molar-refractivity contribution >= 4 is 28.5 Å². The second kappa shape index (κ2) is 7.27. The first-order valence-electron chi connectivity index (χ1n) is 8.77. The predicted octanol–water partition coefficient (Wildman–Crippen LogP) is 4.70. The first kappa shape index (κ1) is 18.7. The summed E-state index contributed by atoms with van der Waals surface area (Å²) < 4.78 is 10.4. The van der Waals surface area contributed by atoms with Gasteiger partial charge in [0.25, 0.3) is 0 Å². The van der Waals surface area contributed by atoms with Gasteiger partial charge in [-0.1, -0.05) is 39.0 Å². The van der Waals surface area contributed by atoms with Gasteiger partial charge in [0.05, 0.1) is 31.0 Å². The van der Waals surface area contributed by atoms with Crippen LogP contribution in [0.4, 0.5) is 5.69 Å². The molecule has 1 heterocycles. The third-order valence-electron chi connectivity index (χ3n) is 4.48. The standard InChI is InChI=1S/C22H23NO4/c1-22(2,3)15-9-10-19-17(12-15)14(13-27-19)11-20(24)23-18-8-6-5-7-16(18)21(25)26-4/h5-10,12-13H,11H2,1-4H3,(H,23,24). The smallest absolute Gasteiger partial charge is 0.339 e. The van der Waals surface area contributed by atoms with E-state index in [0.29, 0.717) is 11.3 Å². The Balaban J connectivity index is 1.84. The molecule has 5 heteroatoms. The number of rotatable bonds is 4. The first-order chi connectivity index (χ1) is 12.8. The van der Waals surface area contributed by atoms with Crippen molar-refractivity contribution in [2.24, 2.45) is 0 Å². The van der Waals surface area contributed by atoms with Crippen LogP contribution in [0.2, 0.25) is 0 Å². The van der Waals surface area contributed by atoms with Gasteiger partial charge in [0.1, 0.15) is 5.58 Å². The molecule has 0 saturated carbocycles. The Labute approximate surface area is 158 Å². The SMILES string of the molecule is COC(=O)c1ccccc1NC(=O)Cc1coc2ccc(C(C)(C)C)cc12. The summed E-state index contributed by atoms with van der Waals surface area (Å²) in [4.78, 5) is 24.4. The summed E-state index contributed by atoms with van der Waals surface area (Å²) in [7, 11) is 1.31. The van der Waals surface area contributed by atoms with Crippen LogP contribution >= 0.6 is 0 Å². The normalized spacial score (nSPS) is 11.4. The fourth-order valence-corrected chi connectivity index (χ4v) is 2.93. The van der Waals surface area contributed by atoms with Crippen molar-refractivity contribution in [3.05, 3.63) is 65.4 Å². The van der Waals surface area contributed by atoms with Gasteiger partial charge < -0.3 is 14.5 Å². The monoisotopic (exact) mass is 365 g/mol. The van der Waals surface area contributed by atoms with Crippen LogP contribution in [0.3, 0.4) is 0 Å². The number of methoxy groups -OCH3 is 1. The van der Waals surface area contributed by atoms with Crippen molar-refractivity contribution < 1.29 is 18.7 Å². The summed E-state index contributed by atoms with van der Waals surface area (Å²) in [5, 5.41) is 3.72. The topological polar surface area (TPSA) is 68.5 Å². The van der Waals surface area contributed by atoms with E-state index in [4.69, 9.17) is 9.15 Å². The minimum absolute atomic E-state index is 0.00441. The van der Waals surface area contributed by atoms with E-state index in [0.717, 1.165) is 16.5 Å². The maximum absolute atomic E-state index is 12.6. The van der Waals surface area contributed by atoms with E-state index >= 15 is 0 Å². The Bertz CT molecular complexity index is 995. The Morgan fingerprint density at radius 2 is 1.85 bits per heavy atom. The van der Waals surface area contributed by atoms with Crippen LogP contribution in [-0.4, -0.2) is 19.0 Å². The Hall–Kier alpha value is -3.08. The van der Waals surface area contributed by atoms with Gasteiger partial charge in [0, 0.05) is 10.9 Å². The second-order valence-electron chi connectivity index (χ2n) is 7.48. The van der Waals surface area contributed by atoms with Crippen LogP contribution < -0.4 is 5.32 Å². The lowest BCUT2D eigenvalue weighted by Crippen LogP contribution is -2.17. The number of ether oxygens (including phenoxy) is 1. The quantitative estimate of drug-likeness (QED) is 0.681. The van der Waals surface area contributed by atoms with E-state index < -0.39 is 5.97 Å². The van der Waals surface area contributed by atoms with Gasteiger partial charge in [-0.2, -0.15) is 0 Å². The van der Waals surface area contributed by atoms with Crippen molar-refractivity contribution in [3.8, 4) is 0 Å². The van der Waals surface area contributed by atoms with Crippen LogP contribution in [0.1, 0.15) is 42.3 Å². The molecule has 5 nitrogen and oxygen atoms in total. The van der Waals surface area contributed by atoms with Gasteiger partial charge in [-0.3, -0.25) is 4.79 Å². The Kier molecular flexibility index (Phi) is 5.04. The van der Waals surface area contributed by atoms with Gasteiger partial charge in [-0.15, -0.1) is 0 Å². The average Bonchev–Trinajstić information content (AvgIpc) is 3.03. The maximum Gasteiger partial charge on any atom is 0.339 e. The number of esters is 1. The van der Waals surface area contributed by atoms with Crippen LogP contribution in [0.25, 0.3) is 11.0 Å². The summed E-state index contributed by atoms with van der Waals surface area (Å²) in [5.74, 6) is -0.718. The first-order valence-corrected chi connectivity index (χ1v) is 8.77. The highest BCUT2D eigenvalue weighted by Gasteiger charge is 2.18. The molecule has 1 N–H and O–H groups in total. The van der Waals surface area contributed by atoms with E-state index in [1.165, 1.54) is 12.7 Å². The number of fused-ring (bicyclic) bond motifs is 1. The van der Waals surface area contributed by atoms with Crippen molar-refractivity contribution in [2.45, 2.75) is 32.6 Å².